The van der Waals surface area contributed by atoms with Gasteiger partial charge in [0, 0.05) is 6.54 Å². The molecule has 1 heteroatoms. The van der Waals surface area contributed by atoms with Crippen molar-refractivity contribution in [1.82, 2.24) is 5.32 Å². The lowest BCUT2D eigenvalue weighted by atomic mass is 9.76. The van der Waals surface area contributed by atoms with Crippen molar-refractivity contribution in [2.45, 2.75) is 32.6 Å². The van der Waals surface area contributed by atoms with Crippen molar-refractivity contribution in [1.29, 1.82) is 0 Å². The second kappa shape index (κ2) is 4.13. The summed E-state index contributed by atoms with van der Waals surface area (Å²) in [6.45, 7) is 3.44. The Morgan fingerprint density at radius 1 is 1.24 bits per heavy atom. The molecule has 0 saturated heterocycles. The first-order valence-corrected chi connectivity index (χ1v) is 6.91. The molecular weight excluding hydrogens is 206 g/mol. The Kier molecular flexibility index (Phi) is 2.74. The highest BCUT2D eigenvalue weighted by Gasteiger charge is 2.53. The molecule has 0 heterocycles. The van der Waals surface area contributed by atoms with Crippen LogP contribution in [0.1, 0.15) is 30.4 Å². The first-order valence-electron chi connectivity index (χ1n) is 6.91. The molecule has 0 radical (unpaired) electrons. The number of hydrogen-bond donors (Lipinski definition) is 1. The van der Waals surface area contributed by atoms with Gasteiger partial charge in [-0.3, -0.25) is 0 Å². The fourth-order valence-electron chi connectivity index (χ4n) is 3.94. The van der Waals surface area contributed by atoms with Crippen LogP contribution in [0, 0.1) is 24.2 Å². The van der Waals surface area contributed by atoms with Crippen molar-refractivity contribution < 1.29 is 0 Å². The minimum atomic E-state index is 0.550. The maximum Gasteiger partial charge on any atom is 0.000820 e. The average Bonchev–Trinajstić information content (AvgIpc) is 2.91. The molecule has 0 aliphatic heterocycles. The highest BCUT2D eigenvalue weighted by atomic mass is 14.8. The molecule has 1 nitrogen and oxygen atoms in total. The Labute approximate surface area is 105 Å². The standard InChI is InChI=1S/C16H23N/c1-12-5-3-4-6-13(12)8-16(11-17-2)9-14-7-15(14)10-16/h3-6,14-15,17H,7-11H2,1-2H3. The minimum Gasteiger partial charge on any atom is -0.319 e. The molecule has 0 bridgehead atoms. The van der Waals surface area contributed by atoms with E-state index in [1.54, 1.807) is 5.56 Å². The van der Waals surface area contributed by atoms with Crippen LogP contribution >= 0.6 is 0 Å². The van der Waals surface area contributed by atoms with E-state index < -0.39 is 0 Å². The van der Waals surface area contributed by atoms with E-state index in [0.717, 1.165) is 11.8 Å². The van der Waals surface area contributed by atoms with E-state index in [1.807, 2.05) is 0 Å². The first kappa shape index (κ1) is 11.3. The van der Waals surface area contributed by atoms with Gasteiger partial charge in [0.1, 0.15) is 0 Å². The van der Waals surface area contributed by atoms with Crippen LogP contribution in [0.5, 0.6) is 0 Å². The van der Waals surface area contributed by atoms with Gasteiger partial charge >= 0.3 is 0 Å². The van der Waals surface area contributed by atoms with Crippen LogP contribution in [0.25, 0.3) is 0 Å². The summed E-state index contributed by atoms with van der Waals surface area (Å²) >= 11 is 0. The van der Waals surface area contributed by atoms with Crippen molar-refractivity contribution in [3.63, 3.8) is 0 Å². The molecule has 1 N–H and O–H groups in total. The predicted molar refractivity (Wildman–Crippen MR) is 72.1 cm³/mol. The largest absolute Gasteiger partial charge is 0.319 e. The van der Waals surface area contributed by atoms with Gasteiger partial charge in [0.05, 0.1) is 0 Å². The normalized spacial score (nSPS) is 34.7. The zero-order valence-electron chi connectivity index (χ0n) is 11.0. The number of hydrogen-bond acceptors (Lipinski definition) is 1. The van der Waals surface area contributed by atoms with E-state index in [0.29, 0.717) is 5.41 Å². The molecule has 0 spiro atoms. The molecule has 2 aliphatic rings. The van der Waals surface area contributed by atoms with Gasteiger partial charge in [-0.15, -0.1) is 0 Å². The zero-order valence-corrected chi connectivity index (χ0v) is 11.0. The summed E-state index contributed by atoms with van der Waals surface area (Å²) in [5.41, 5.74) is 3.57. The topological polar surface area (TPSA) is 12.0 Å². The van der Waals surface area contributed by atoms with E-state index in [1.165, 1.54) is 37.8 Å². The van der Waals surface area contributed by atoms with Gasteiger partial charge in [-0.25, -0.2) is 0 Å². The third-order valence-electron chi connectivity index (χ3n) is 4.84. The maximum absolute atomic E-state index is 3.43. The Hall–Kier alpha value is -0.820. The predicted octanol–water partition coefficient (Wildman–Crippen LogP) is 3.17. The molecule has 2 fully saturated rings. The Balaban J connectivity index is 1.79. The molecule has 2 aliphatic carbocycles. The molecule has 17 heavy (non-hydrogen) atoms. The van der Waals surface area contributed by atoms with Crippen LogP contribution in [-0.4, -0.2) is 13.6 Å². The summed E-state index contributed by atoms with van der Waals surface area (Å²) in [5.74, 6) is 2.12. The zero-order chi connectivity index (χ0) is 11.9. The molecule has 92 valence electrons. The quantitative estimate of drug-likeness (QED) is 0.836. The van der Waals surface area contributed by atoms with E-state index in [-0.39, 0.29) is 0 Å². The van der Waals surface area contributed by atoms with E-state index in [2.05, 4.69) is 43.6 Å². The summed E-state index contributed by atoms with van der Waals surface area (Å²) in [7, 11) is 2.10. The molecule has 2 unspecified atom stereocenters. The van der Waals surface area contributed by atoms with Crippen molar-refractivity contribution in [3.8, 4) is 0 Å². The van der Waals surface area contributed by atoms with Crippen molar-refractivity contribution >= 4 is 0 Å². The Bertz CT molecular complexity index is 400. The summed E-state index contributed by atoms with van der Waals surface area (Å²) in [4.78, 5) is 0. The first-order chi connectivity index (χ1) is 8.22. The van der Waals surface area contributed by atoms with Crippen molar-refractivity contribution in [2.24, 2.45) is 17.3 Å². The molecule has 1 aromatic carbocycles. The van der Waals surface area contributed by atoms with Crippen LogP contribution in [0.4, 0.5) is 0 Å². The third kappa shape index (κ3) is 2.13. The molecule has 0 amide bonds. The van der Waals surface area contributed by atoms with Crippen LogP contribution in [0.15, 0.2) is 24.3 Å². The van der Waals surface area contributed by atoms with Gasteiger partial charge in [0.25, 0.3) is 0 Å². The average molecular weight is 229 g/mol. The molecule has 2 atom stereocenters. The second-order valence-electron chi connectivity index (χ2n) is 6.30. The second-order valence-corrected chi connectivity index (χ2v) is 6.30. The summed E-state index contributed by atoms with van der Waals surface area (Å²) in [6.07, 6.45) is 5.69. The highest BCUT2D eigenvalue weighted by molar-refractivity contribution is 5.27. The Morgan fingerprint density at radius 3 is 2.59 bits per heavy atom. The number of benzene rings is 1. The lowest BCUT2D eigenvalue weighted by molar-refractivity contribution is 0.255. The van der Waals surface area contributed by atoms with Gasteiger partial charge in [0.15, 0.2) is 0 Å². The summed E-state index contributed by atoms with van der Waals surface area (Å²) in [6, 6.07) is 8.90. The fraction of sp³-hybridized carbons (Fsp3) is 0.625. The molecule has 0 aromatic heterocycles. The maximum atomic E-state index is 3.43. The number of fused-ring (bicyclic) bond motifs is 1. The SMILES string of the molecule is CNCC1(Cc2ccccc2C)CC2CC2C1. The third-order valence-corrected chi connectivity index (χ3v) is 4.84. The molecule has 1 aromatic rings. The van der Waals surface area contributed by atoms with Gasteiger partial charge in [-0.1, -0.05) is 24.3 Å². The lowest BCUT2D eigenvalue weighted by Crippen LogP contribution is -2.33. The molecule has 2 saturated carbocycles. The smallest absolute Gasteiger partial charge is 0.000820 e. The molecular formula is C16H23N. The van der Waals surface area contributed by atoms with E-state index >= 15 is 0 Å². The van der Waals surface area contributed by atoms with Crippen LogP contribution in [0.2, 0.25) is 0 Å². The summed E-state index contributed by atoms with van der Waals surface area (Å²) < 4.78 is 0. The number of aryl methyl sites for hydroxylation is 1. The van der Waals surface area contributed by atoms with E-state index in [4.69, 9.17) is 0 Å². The van der Waals surface area contributed by atoms with Crippen molar-refractivity contribution in [2.75, 3.05) is 13.6 Å². The van der Waals surface area contributed by atoms with Crippen molar-refractivity contribution in [3.05, 3.63) is 35.4 Å². The van der Waals surface area contributed by atoms with Gasteiger partial charge in [0.2, 0.25) is 0 Å². The van der Waals surface area contributed by atoms with Gasteiger partial charge in [-0.05, 0) is 68.0 Å². The fourth-order valence-corrected chi connectivity index (χ4v) is 3.94. The monoisotopic (exact) mass is 229 g/mol. The molecule has 3 rings (SSSR count). The highest BCUT2D eigenvalue weighted by Crippen LogP contribution is 2.60. The van der Waals surface area contributed by atoms with Crippen LogP contribution in [0.3, 0.4) is 0 Å². The van der Waals surface area contributed by atoms with Crippen LogP contribution < -0.4 is 5.32 Å². The number of rotatable bonds is 4. The van der Waals surface area contributed by atoms with Crippen LogP contribution in [-0.2, 0) is 6.42 Å². The minimum absolute atomic E-state index is 0.550. The van der Waals surface area contributed by atoms with Gasteiger partial charge < -0.3 is 5.32 Å². The van der Waals surface area contributed by atoms with Gasteiger partial charge in [-0.2, -0.15) is 0 Å². The van der Waals surface area contributed by atoms with E-state index in [9.17, 15) is 0 Å². The summed E-state index contributed by atoms with van der Waals surface area (Å²) in [5, 5.41) is 3.43. The Morgan fingerprint density at radius 2 is 1.94 bits per heavy atom. The number of nitrogens with one attached hydrogen (secondary N) is 1. The lowest BCUT2D eigenvalue weighted by Gasteiger charge is -2.31.